The van der Waals surface area contributed by atoms with E-state index in [4.69, 9.17) is 4.74 Å². The van der Waals surface area contributed by atoms with Gasteiger partial charge in [-0.25, -0.2) is 0 Å². The van der Waals surface area contributed by atoms with Gasteiger partial charge in [0, 0.05) is 0 Å². The molecule has 1 unspecified atom stereocenters. The Morgan fingerprint density at radius 3 is 2.21 bits per heavy atom. The van der Waals surface area contributed by atoms with Crippen molar-refractivity contribution in [2.24, 2.45) is 0 Å². The normalized spacial score (nSPS) is 13.6. The van der Waals surface area contributed by atoms with Crippen molar-refractivity contribution < 1.29 is 9.53 Å². The fraction of sp³-hybridized carbons (Fsp3) is 0.235. The van der Waals surface area contributed by atoms with Gasteiger partial charge < -0.3 is 9.53 Å². The van der Waals surface area contributed by atoms with Crippen molar-refractivity contribution in [3.63, 3.8) is 0 Å². The van der Waals surface area contributed by atoms with Gasteiger partial charge in [-0.05, 0) is 36.6 Å². The van der Waals surface area contributed by atoms with Crippen molar-refractivity contribution in [2.45, 2.75) is 18.8 Å². The smallest absolute Gasteiger partial charge is 0.130 e. The lowest BCUT2D eigenvalue weighted by atomic mass is 9.78. The van der Waals surface area contributed by atoms with Crippen LogP contribution in [-0.2, 0) is 16.6 Å². The molecule has 1 atom stereocenters. The highest BCUT2D eigenvalue weighted by Gasteiger charge is 2.26. The molecule has 2 nitrogen and oxygen atoms in total. The quantitative estimate of drug-likeness (QED) is 0.764. The zero-order valence-corrected chi connectivity index (χ0v) is 11.3. The van der Waals surface area contributed by atoms with Crippen molar-refractivity contribution in [2.75, 3.05) is 7.11 Å². The Balaban J connectivity index is 2.28. The van der Waals surface area contributed by atoms with Crippen molar-refractivity contribution in [1.82, 2.24) is 0 Å². The summed E-state index contributed by atoms with van der Waals surface area (Å²) in [5.41, 5.74) is 1.66. The highest BCUT2D eigenvalue weighted by molar-refractivity contribution is 5.68. The van der Waals surface area contributed by atoms with Crippen molar-refractivity contribution >= 4 is 6.29 Å². The maximum Gasteiger partial charge on any atom is 0.130 e. The van der Waals surface area contributed by atoms with Gasteiger partial charge >= 0.3 is 0 Å². The van der Waals surface area contributed by atoms with Gasteiger partial charge in [-0.3, -0.25) is 0 Å². The van der Waals surface area contributed by atoms with Gasteiger partial charge in [0.25, 0.3) is 0 Å². The minimum atomic E-state index is -0.506. The fourth-order valence-electron chi connectivity index (χ4n) is 2.20. The molecule has 0 bridgehead atoms. The van der Waals surface area contributed by atoms with Crippen molar-refractivity contribution in [3.8, 4) is 5.75 Å². The maximum atomic E-state index is 11.6. The van der Waals surface area contributed by atoms with E-state index in [1.165, 1.54) is 0 Å². The summed E-state index contributed by atoms with van der Waals surface area (Å²) in [4.78, 5) is 11.6. The molecule has 0 spiro atoms. The minimum absolute atomic E-state index is 0.506. The molecule has 0 N–H and O–H groups in total. The highest BCUT2D eigenvalue weighted by Crippen LogP contribution is 2.27. The molecule has 2 aromatic rings. The lowest BCUT2D eigenvalue weighted by molar-refractivity contribution is -0.112. The van der Waals surface area contributed by atoms with Gasteiger partial charge in [-0.2, -0.15) is 0 Å². The summed E-state index contributed by atoms with van der Waals surface area (Å²) in [6, 6.07) is 17.8. The third-order valence-corrected chi connectivity index (χ3v) is 3.42. The first-order valence-electron chi connectivity index (χ1n) is 6.33. The van der Waals surface area contributed by atoms with E-state index >= 15 is 0 Å². The summed E-state index contributed by atoms with van der Waals surface area (Å²) < 4.78 is 5.15. The zero-order valence-electron chi connectivity index (χ0n) is 11.3. The van der Waals surface area contributed by atoms with Gasteiger partial charge in [-0.1, -0.05) is 42.5 Å². The molecular formula is C17H18O2. The van der Waals surface area contributed by atoms with E-state index in [-0.39, 0.29) is 0 Å². The summed E-state index contributed by atoms with van der Waals surface area (Å²) in [5, 5.41) is 0. The van der Waals surface area contributed by atoms with Crippen LogP contribution in [0.1, 0.15) is 18.1 Å². The number of hydrogen-bond donors (Lipinski definition) is 0. The van der Waals surface area contributed by atoms with E-state index in [0.717, 1.165) is 23.2 Å². The van der Waals surface area contributed by atoms with Crippen LogP contribution in [-0.4, -0.2) is 13.4 Å². The Hall–Kier alpha value is -2.09. The van der Waals surface area contributed by atoms with Gasteiger partial charge in [0.15, 0.2) is 0 Å². The molecule has 0 amide bonds. The summed E-state index contributed by atoms with van der Waals surface area (Å²) in [7, 11) is 1.64. The van der Waals surface area contributed by atoms with Crippen molar-refractivity contribution in [3.05, 3.63) is 65.7 Å². The van der Waals surface area contributed by atoms with Crippen LogP contribution >= 0.6 is 0 Å². The lowest BCUT2D eigenvalue weighted by Gasteiger charge is -2.24. The number of rotatable bonds is 5. The highest BCUT2D eigenvalue weighted by atomic mass is 16.5. The third kappa shape index (κ3) is 3.02. The molecule has 0 fully saturated rings. The number of benzene rings is 2. The third-order valence-electron chi connectivity index (χ3n) is 3.42. The molecule has 98 valence electrons. The molecule has 2 aromatic carbocycles. The minimum Gasteiger partial charge on any atom is -0.497 e. The number of carbonyl (C=O) groups excluding carboxylic acids is 1. The van der Waals surface area contributed by atoms with Crippen LogP contribution in [0.25, 0.3) is 0 Å². The SMILES string of the molecule is COc1ccc(C(C)(C=O)Cc2ccccc2)cc1. The van der Waals surface area contributed by atoms with Gasteiger partial charge in [0.1, 0.15) is 12.0 Å². The molecule has 0 saturated heterocycles. The largest absolute Gasteiger partial charge is 0.497 e. The molecule has 0 aliphatic heterocycles. The number of ether oxygens (including phenoxy) is 1. The predicted octanol–water partition coefficient (Wildman–Crippen LogP) is 3.39. The summed E-state index contributed by atoms with van der Waals surface area (Å²) >= 11 is 0. The second-order valence-corrected chi connectivity index (χ2v) is 4.93. The molecule has 0 aliphatic rings. The monoisotopic (exact) mass is 254 g/mol. The Bertz CT molecular complexity index is 531. The van der Waals surface area contributed by atoms with E-state index in [2.05, 4.69) is 0 Å². The molecule has 2 rings (SSSR count). The second-order valence-electron chi connectivity index (χ2n) is 4.93. The van der Waals surface area contributed by atoms with Crippen LogP contribution in [0.3, 0.4) is 0 Å². The van der Waals surface area contributed by atoms with Crippen LogP contribution in [0, 0.1) is 0 Å². The molecule has 0 aromatic heterocycles. The first-order chi connectivity index (χ1) is 9.18. The molecule has 0 aliphatic carbocycles. The van der Waals surface area contributed by atoms with Crippen molar-refractivity contribution in [1.29, 1.82) is 0 Å². The standard InChI is InChI=1S/C17H18O2/c1-17(13-18,12-14-6-4-3-5-7-14)15-8-10-16(19-2)11-9-15/h3-11,13H,12H2,1-2H3. The zero-order chi connectivity index (χ0) is 13.7. The average molecular weight is 254 g/mol. The van der Waals surface area contributed by atoms with E-state index < -0.39 is 5.41 Å². The topological polar surface area (TPSA) is 26.3 Å². The predicted molar refractivity (Wildman–Crippen MR) is 76.6 cm³/mol. The van der Waals surface area contributed by atoms with Gasteiger partial charge in [0.05, 0.1) is 12.5 Å². The Labute approximate surface area is 114 Å². The fourth-order valence-corrected chi connectivity index (χ4v) is 2.20. The number of methoxy groups -OCH3 is 1. The molecule has 0 saturated carbocycles. The van der Waals surface area contributed by atoms with E-state index in [1.54, 1.807) is 7.11 Å². The molecule has 0 heterocycles. The number of aldehydes is 1. The second kappa shape index (κ2) is 5.70. The average Bonchev–Trinajstić information content (AvgIpc) is 2.48. The summed E-state index contributed by atoms with van der Waals surface area (Å²) in [6.07, 6.45) is 1.73. The van der Waals surface area contributed by atoms with E-state index in [9.17, 15) is 4.79 Å². The molecular weight excluding hydrogens is 236 g/mol. The van der Waals surface area contributed by atoms with Gasteiger partial charge in [-0.15, -0.1) is 0 Å². The maximum absolute atomic E-state index is 11.6. The van der Waals surface area contributed by atoms with Crippen LogP contribution in [0.4, 0.5) is 0 Å². The summed E-state index contributed by atoms with van der Waals surface area (Å²) in [6.45, 7) is 1.97. The first kappa shape index (κ1) is 13.3. The first-order valence-corrected chi connectivity index (χ1v) is 6.33. The number of hydrogen-bond acceptors (Lipinski definition) is 2. The Kier molecular flexibility index (Phi) is 4.00. The molecule has 0 radical (unpaired) electrons. The van der Waals surface area contributed by atoms with Gasteiger partial charge in [0.2, 0.25) is 0 Å². The van der Waals surface area contributed by atoms with Crippen LogP contribution in [0.5, 0.6) is 5.75 Å². The summed E-state index contributed by atoms with van der Waals surface area (Å²) in [5.74, 6) is 0.803. The van der Waals surface area contributed by atoms with E-state index in [0.29, 0.717) is 6.42 Å². The Morgan fingerprint density at radius 2 is 1.68 bits per heavy atom. The lowest BCUT2D eigenvalue weighted by Crippen LogP contribution is -2.26. The van der Waals surface area contributed by atoms with Crippen LogP contribution < -0.4 is 4.74 Å². The molecule has 19 heavy (non-hydrogen) atoms. The van der Waals surface area contributed by atoms with Crippen LogP contribution in [0.15, 0.2) is 54.6 Å². The number of carbonyl (C=O) groups is 1. The molecule has 2 heteroatoms. The Morgan fingerprint density at radius 1 is 1.05 bits per heavy atom. The van der Waals surface area contributed by atoms with E-state index in [1.807, 2.05) is 61.5 Å². The van der Waals surface area contributed by atoms with Crippen LogP contribution in [0.2, 0.25) is 0 Å².